The number of ether oxygens (including phenoxy) is 3. The Bertz CT molecular complexity index is 1030. The molecule has 1 aromatic carbocycles. The van der Waals surface area contributed by atoms with E-state index in [4.69, 9.17) is 25.8 Å². The number of aliphatic hydroxyl groups is 3. The summed E-state index contributed by atoms with van der Waals surface area (Å²) >= 11 is 5.70. The average Bonchev–Trinajstić information content (AvgIpc) is 3.44. The molecule has 0 aliphatic carbocycles. The van der Waals surface area contributed by atoms with E-state index in [1.54, 1.807) is 13.3 Å². The van der Waals surface area contributed by atoms with Crippen molar-refractivity contribution < 1.29 is 29.5 Å². The maximum atomic E-state index is 10.6. The number of halogens is 1. The topological polar surface area (TPSA) is 160 Å². The Morgan fingerprint density at radius 2 is 2.16 bits per heavy atom. The smallest absolute Gasteiger partial charge is 0.201 e. The predicted octanol–water partition coefficient (Wildman–Crippen LogP) is 0.0106. The van der Waals surface area contributed by atoms with Gasteiger partial charge in [0.2, 0.25) is 5.95 Å². The summed E-state index contributed by atoms with van der Waals surface area (Å²) in [6.45, 7) is -0.0130. The molecule has 5 atom stereocenters. The van der Waals surface area contributed by atoms with E-state index in [-0.39, 0.29) is 12.5 Å². The normalized spacial score (nSPS) is 25.8. The number of methoxy groups -OCH3 is 1. The first kappa shape index (κ1) is 22.7. The Balaban J connectivity index is 1.46. The summed E-state index contributed by atoms with van der Waals surface area (Å²) in [6.07, 6.45) is -2.97. The minimum Gasteiger partial charge on any atom is -0.497 e. The van der Waals surface area contributed by atoms with Gasteiger partial charge in [-0.3, -0.25) is 0 Å². The van der Waals surface area contributed by atoms with E-state index in [0.717, 1.165) is 16.8 Å². The summed E-state index contributed by atoms with van der Waals surface area (Å²) < 4.78 is 17.8. The number of anilines is 1. The zero-order chi connectivity index (χ0) is 22.7. The van der Waals surface area contributed by atoms with Gasteiger partial charge >= 0.3 is 0 Å². The minimum atomic E-state index is -1.32. The van der Waals surface area contributed by atoms with Gasteiger partial charge in [0.05, 0.1) is 44.1 Å². The van der Waals surface area contributed by atoms with Gasteiger partial charge < -0.3 is 39.8 Å². The van der Waals surface area contributed by atoms with Crippen molar-refractivity contribution in [3.8, 4) is 5.75 Å². The molecule has 174 valence electrons. The zero-order valence-corrected chi connectivity index (χ0v) is 18.0. The standard InChI is InChI=1S/C19H25ClN6O6/c1-30-11-2-3-12-13(6-11)23-19(22-12)21-7-10-8-26(25-24-10)15-17(29)16(28)14(9-27)32-18(15)31-5-4-20/h2-3,6,8,14-18,27-29H,4-5,7,9H2,1H3,(H2,21,22,23)/t14?,15?,16-,17-,18+/m1/s1. The minimum absolute atomic E-state index is 0.156. The monoisotopic (exact) mass is 468 g/mol. The number of aliphatic hydroxyl groups excluding tert-OH is 3. The molecular formula is C19H25ClN6O6. The number of benzene rings is 1. The lowest BCUT2D eigenvalue weighted by Gasteiger charge is -2.41. The van der Waals surface area contributed by atoms with Crippen LogP contribution in [0.15, 0.2) is 24.4 Å². The second kappa shape index (κ2) is 9.98. The molecule has 0 amide bonds. The highest BCUT2D eigenvalue weighted by Gasteiger charge is 2.46. The molecule has 32 heavy (non-hydrogen) atoms. The van der Waals surface area contributed by atoms with Crippen LogP contribution in [0.4, 0.5) is 5.95 Å². The van der Waals surface area contributed by atoms with Crippen molar-refractivity contribution in [3.63, 3.8) is 0 Å². The molecule has 13 heteroatoms. The molecule has 0 radical (unpaired) electrons. The Hall–Kier alpha value is -2.48. The summed E-state index contributed by atoms with van der Waals surface area (Å²) in [5.41, 5.74) is 2.17. The van der Waals surface area contributed by atoms with E-state index < -0.39 is 37.3 Å². The van der Waals surface area contributed by atoms with Gasteiger partial charge in [-0.05, 0) is 12.1 Å². The number of hydrogen-bond donors (Lipinski definition) is 5. The van der Waals surface area contributed by atoms with Crippen molar-refractivity contribution >= 4 is 28.6 Å². The number of rotatable bonds is 9. The Kier molecular flexibility index (Phi) is 7.08. The zero-order valence-electron chi connectivity index (χ0n) is 17.3. The molecule has 3 aromatic rings. The van der Waals surface area contributed by atoms with Crippen molar-refractivity contribution in [2.24, 2.45) is 0 Å². The third-order valence-electron chi connectivity index (χ3n) is 5.20. The molecule has 1 saturated heterocycles. The molecule has 0 spiro atoms. The van der Waals surface area contributed by atoms with Crippen molar-refractivity contribution in [1.82, 2.24) is 25.0 Å². The lowest BCUT2D eigenvalue weighted by atomic mass is 9.97. The fraction of sp³-hybridized carbons (Fsp3) is 0.526. The molecule has 0 bridgehead atoms. The van der Waals surface area contributed by atoms with Gasteiger partial charge in [-0.15, -0.1) is 16.7 Å². The van der Waals surface area contributed by atoms with Crippen molar-refractivity contribution in [2.45, 2.75) is 37.2 Å². The predicted molar refractivity (Wildman–Crippen MR) is 113 cm³/mol. The van der Waals surface area contributed by atoms with Gasteiger partial charge in [0, 0.05) is 11.9 Å². The first-order chi connectivity index (χ1) is 15.5. The third kappa shape index (κ3) is 4.65. The Morgan fingerprint density at radius 1 is 1.31 bits per heavy atom. The quantitative estimate of drug-likeness (QED) is 0.271. The lowest BCUT2D eigenvalue weighted by molar-refractivity contribution is -0.280. The van der Waals surface area contributed by atoms with Crippen LogP contribution in [0.5, 0.6) is 5.75 Å². The largest absolute Gasteiger partial charge is 0.497 e. The molecule has 3 heterocycles. The third-order valence-corrected chi connectivity index (χ3v) is 5.35. The molecule has 1 aliphatic rings. The summed E-state index contributed by atoms with van der Waals surface area (Å²) in [6, 6.07) is 4.65. The Morgan fingerprint density at radius 3 is 2.91 bits per heavy atom. The number of imidazole rings is 1. The summed E-state index contributed by atoms with van der Waals surface area (Å²) in [7, 11) is 1.60. The van der Waals surface area contributed by atoms with Gasteiger partial charge in [0.1, 0.15) is 35.8 Å². The van der Waals surface area contributed by atoms with Crippen LogP contribution in [0.2, 0.25) is 0 Å². The van der Waals surface area contributed by atoms with Crippen molar-refractivity contribution in [2.75, 3.05) is 31.5 Å². The fourth-order valence-electron chi connectivity index (χ4n) is 3.56. The van der Waals surface area contributed by atoms with Crippen molar-refractivity contribution in [1.29, 1.82) is 0 Å². The van der Waals surface area contributed by atoms with E-state index in [0.29, 0.717) is 18.2 Å². The first-order valence-corrected chi connectivity index (χ1v) is 10.6. The number of H-pyrrole nitrogens is 1. The van der Waals surface area contributed by atoms with Gasteiger partial charge in [0.15, 0.2) is 6.29 Å². The highest BCUT2D eigenvalue weighted by Crippen LogP contribution is 2.30. The highest BCUT2D eigenvalue weighted by molar-refractivity contribution is 6.17. The van der Waals surface area contributed by atoms with Gasteiger partial charge in [0.25, 0.3) is 0 Å². The molecule has 5 N–H and O–H groups in total. The second-order valence-corrected chi connectivity index (χ2v) is 7.65. The van der Waals surface area contributed by atoms with E-state index in [2.05, 4.69) is 25.6 Å². The summed E-state index contributed by atoms with van der Waals surface area (Å²) in [4.78, 5) is 7.62. The molecule has 2 unspecified atom stereocenters. The van der Waals surface area contributed by atoms with Crippen LogP contribution in [0, 0.1) is 0 Å². The number of nitrogens with one attached hydrogen (secondary N) is 2. The molecule has 0 saturated carbocycles. The number of alkyl halides is 1. The fourth-order valence-corrected chi connectivity index (χ4v) is 3.65. The van der Waals surface area contributed by atoms with Crippen LogP contribution >= 0.6 is 11.6 Å². The molecule has 1 fully saturated rings. The number of aromatic nitrogens is 5. The molecule has 1 aliphatic heterocycles. The molecular weight excluding hydrogens is 444 g/mol. The molecule has 12 nitrogen and oxygen atoms in total. The number of hydrogen-bond acceptors (Lipinski definition) is 10. The maximum absolute atomic E-state index is 10.6. The number of aromatic amines is 1. The van der Waals surface area contributed by atoms with Crippen LogP contribution in [0.3, 0.4) is 0 Å². The van der Waals surface area contributed by atoms with E-state index in [9.17, 15) is 15.3 Å². The van der Waals surface area contributed by atoms with Crippen LogP contribution in [-0.2, 0) is 16.0 Å². The summed E-state index contributed by atoms with van der Waals surface area (Å²) in [5, 5.41) is 41.6. The molecule has 4 rings (SSSR count). The number of fused-ring (bicyclic) bond motifs is 1. The SMILES string of the molecule is COc1ccc2nc(NCc3cn(C4[C@@H](OCCCl)OC(CO)[C@@H](O)[C@@H]4O)nn3)[nH]c2c1. The van der Waals surface area contributed by atoms with E-state index in [1.165, 1.54) is 4.68 Å². The maximum Gasteiger partial charge on any atom is 0.201 e. The summed E-state index contributed by atoms with van der Waals surface area (Å²) in [5.74, 6) is 1.49. The number of nitrogens with zero attached hydrogens (tertiary/aromatic N) is 4. The van der Waals surface area contributed by atoms with Crippen LogP contribution in [0.25, 0.3) is 11.0 Å². The average molecular weight is 469 g/mol. The van der Waals surface area contributed by atoms with E-state index >= 15 is 0 Å². The first-order valence-electron chi connectivity index (χ1n) is 10.0. The van der Waals surface area contributed by atoms with Crippen LogP contribution in [0.1, 0.15) is 11.7 Å². The van der Waals surface area contributed by atoms with E-state index in [1.807, 2.05) is 18.2 Å². The molecule has 2 aromatic heterocycles. The Labute approximate surface area is 188 Å². The van der Waals surface area contributed by atoms with Gasteiger partial charge in [-0.1, -0.05) is 5.21 Å². The lowest BCUT2D eigenvalue weighted by Crippen LogP contribution is -2.57. The van der Waals surface area contributed by atoms with Gasteiger partial charge in [-0.25, -0.2) is 9.67 Å². The van der Waals surface area contributed by atoms with Crippen LogP contribution in [-0.4, -0.2) is 91.1 Å². The van der Waals surface area contributed by atoms with Gasteiger partial charge in [-0.2, -0.15) is 0 Å². The van der Waals surface area contributed by atoms with Crippen LogP contribution < -0.4 is 10.1 Å². The van der Waals surface area contributed by atoms with Crippen molar-refractivity contribution in [3.05, 3.63) is 30.1 Å². The second-order valence-electron chi connectivity index (χ2n) is 7.27. The highest BCUT2D eigenvalue weighted by atomic mass is 35.5.